The van der Waals surface area contributed by atoms with E-state index < -0.39 is 0 Å². The van der Waals surface area contributed by atoms with Crippen LogP contribution in [0.5, 0.6) is 0 Å². The first-order valence-corrected chi connectivity index (χ1v) is 8.16. The van der Waals surface area contributed by atoms with Crippen LogP contribution in [0.15, 0.2) is 33.5 Å². The Kier molecular flexibility index (Phi) is 2.69. The van der Waals surface area contributed by atoms with Gasteiger partial charge in [-0.15, -0.1) is 0 Å². The molecule has 1 N–H and O–H groups in total. The van der Waals surface area contributed by atoms with Crippen LogP contribution in [0, 0.1) is 11.3 Å². The van der Waals surface area contributed by atoms with E-state index in [9.17, 15) is 0 Å². The fourth-order valence-corrected chi connectivity index (χ4v) is 5.13. The van der Waals surface area contributed by atoms with Crippen molar-refractivity contribution in [2.75, 3.05) is 20.1 Å². The van der Waals surface area contributed by atoms with Gasteiger partial charge in [-0.05, 0) is 42.4 Å². The van der Waals surface area contributed by atoms with Crippen molar-refractivity contribution >= 4 is 11.6 Å². The maximum atomic E-state index is 6.41. The Labute approximate surface area is 126 Å². The van der Waals surface area contributed by atoms with Crippen LogP contribution in [-0.4, -0.2) is 31.1 Å². The van der Waals surface area contributed by atoms with Crippen LogP contribution in [0.3, 0.4) is 0 Å². The summed E-state index contributed by atoms with van der Waals surface area (Å²) in [6.45, 7) is 6.77. The third-order valence-corrected chi connectivity index (χ3v) is 6.55. The summed E-state index contributed by atoms with van der Waals surface area (Å²) in [6, 6.07) is 0.657. The first-order chi connectivity index (χ1) is 9.52. The van der Waals surface area contributed by atoms with Gasteiger partial charge >= 0.3 is 0 Å². The first-order valence-electron chi connectivity index (χ1n) is 7.78. The van der Waals surface area contributed by atoms with Crippen molar-refractivity contribution in [2.24, 2.45) is 11.3 Å². The second-order valence-electron chi connectivity index (χ2n) is 7.10. The van der Waals surface area contributed by atoms with E-state index in [0.29, 0.717) is 12.0 Å². The largest absolute Gasteiger partial charge is 0.374 e. The highest BCUT2D eigenvalue weighted by Gasteiger charge is 2.50. The summed E-state index contributed by atoms with van der Waals surface area (Å²) in [5.74, 6) is 0.672. The number of hydrogen-bond acceptors (Lipinski definition) is 2. The van der Waals surface area contributed by atoms with Crippen molar-refractivity contribution in [2.45, 2.75) is 39.2 Å². The molecule has 108 valence electrons. The molecule has 2 heterocycles. The second-order valence-corrected chi connectivity index (χ2v) is 7.59. The highest BCUT2D eigenvalue weighted by molar-refractivity contribution is 6.30. The summed E-state index contributed by atoms with van der Waals surface area (Å²) < 4.78 is 0. The van der Waals surface area contributed by atoms with E-state index in [1.54, 1.807) is 16.8 Å². The Morgan fingerprint density at radius 3 is 3.00 bits per heavy atom. The molecule has 2 nitrogen and oxygen atoms in total. The maximum Gasteiger partial charge on any atom is 0.0359 e. The zero-order valence-corrected chi connectivity index (χ0v) is 13.3. The van der Waals surface area contributed by atoms with E-state index in [2.05, 4.69) is 37.2 Å². The molecule has 0 fully saturated rings. The highest BCUT2D eigenvalue weighted by atomic mass is 35.5. The van der Waals surface area contributed by atoms with E-state index in [1.807, 2.05) is 0 Å². The standard InChI is InChI=1S/C17H23ClN2/c1-10-16-7-13-12-6-11(18)8-19-9-17(10,2)14(12)4-5-15(13)20(16)3/h6,10,16,19H,4-5,7-9H2,1-3H3. The molecule has 3 atom stereocenters. The van der Waals surface area contributed by atoms with Crippen molar-refractivity contribution in [1.82, 2.24) is 10.2 Å². The van der Waals surface area contributed by atoms with Crippen LogP contribution in [0.2, 0.25) is 0 Å². The third kappa shape index (κ3) is 1.50. The van der Waals surface area contributed by atoms with Crippen molar-refractivity contribution in [1.29, 1.82) is 0 Å². The topological polar surface area (TPSA) is 15.3 Å². The molecule has 0 spiro atoms. The van der Waals surface area contributed by atoms with Gasteiger partial charge in [0, 0.05) is 42.3 Å². The van der Waals surface area contributed by atoms with Crippen molar-refractivity contribution < 1.29 is 0 Å². The number of nitrogens with one attached hydrogen (secondary N) is 1. The molecule has 0 saturated carbocycles. The molecule has 4 rings (SSSR count). The van der Waals surface area contributed by atoms with E-state index in [-0.39, 0.29) is 5.41 Å². The van der Waals surface area contributed by atoms with E-state index in [4.69, 9.17) is 11.6 Å². The van der Waals surface area contributed by atoms with Gasteiger partial charge in [0.25, 0.3) is 0 Å². The van der Waals surface area contributed by atoms with Gasteiger partial charge in [0.2, 0.25) is 0 Å². The molecule has 0 aromatic carbocycles. The maximum absolute atomic E-state index is 6.41. The molecule has 0 aromatic heterocycles. The smallest absolute Gasteiger partial charge is 0.0359 e. The van der Waals surface area contributed by atoms with Crippen LogP contribution in [0.25, 0.3) is 0 Å². The molecule has 0 saturated heterocycles. The fraction of sp³-hybridized carbons (Fsp3) is 0.647. The SMILES string of the molecule is CC1C2CC3=C(CCC4=C3C=C(Cl)CNCC41C)N2C. The van der Waals surface area contributed by atoms with Crippen LogP contribution in [0.1, 0.15) is 33.1 Å². The van der Waals surface area contributed by atoms with Crippen LogP contribution < -0.4 is 5.32 Å². The molecule has 3 heteroatoms. The number of halogens is 1. The number of fused-ring (bicyclic) bond motifs is 1. The second kappa shape index (κ2) is 4.14. The predicted molar refractivity (Wildman–Crippen MR) is 83.5 cm³/mol. The number of likely N-dealkylation sites (tertiary alicyclic amines) is 1. The summed E-state index contributed by atoms with van der Waals surface area (Å²) in [6.07, 6.45) is 5.88. The van der Waals surface area contributed by atoms with Crippen LogP contribution >= 0.6 is 11.6 Å². The Morgan fingerprint density at radius 1 is 1.40 bits per heavy atom. The third-order valence-electron chi connectivity index (χ3n) is 6.31. The van der Waals surface area contributed by atoms with Gasteiger partial charge in [-0.2, -0.15) is 0 Å². The van der Waals surface area contributed by atoms with Crippen molar-refractivity contribution in [3.63, 3.8) is 0 Å². The molecule has 5 bridgehead atoms. The van der Waals surface area contributed by atoms with Gasteiger partial charge in [-0.3, -0.25) is 0 Å². The van der Waals surface area contributed by atoms with Gasteiger partial charge in [-0.25, -0.2) is 0 Å². The number of hydrogen-bond donors (Lipinski definition) is 1. The first kappa shape index (κ1) is 13.0. The van der Waals surface area contributed by atoms with Crippen molar-refractivity contribution in [3.05, 3.63) is 33.5 Å². The minimum atomic E-state index is 0.260. The fourth-order valence-electron chi connectivity index (χ4n) is 4.93. The van der Waals surface area contributed by atoms with Gasteiger partial charge < -0.3 is 10.2 Å². The molecular formula is C17H23ClN2. The lowest BCUT2D eigenvalue weighted by Gasteiger charge is -2.47. The van der Waals surface area contributed by atoms with Crippen molar-refractivity contribution in [3.8, 4) is 0 Å². The molecule has 20 heavy (non-hydrogen) atoms. The summed E-state index contributed by atoms with van der Waals surface area (Å²) in [5, 5.41) is 4.53. The van der Waals surface area contributed by atoms with Crippen LogP contribution in [-0.2, 0) is 0 Å². The summed E-state index contributed by atoms with van der Waals surface area (Å²) in [7, 11) is 2.29. The zero-order valence-electron chi connectivity index (χ0n) is 12.6. The van der Waals surface area contributed by atoms with E-state index in [0.717, 1.165) is 18.1 Å². The summed E-state index contributed by atoms with van der Waals surface area (Å²) >= 11 is 6.41. The number of rotatable bonds is 0. The molecule has 2 aliphatic heterocycles. The average Bonchev–Trinajstić information content (AvgIpc) is 2.71. The Hall–Kier alpha value is -0.730. The lowest BCUT2D eigenvalue weighted by molar-refractivity contribution is 0.126. The van der Waals surface area contributed by atoms with E-state index >= 15 is 0 Å². The lowest BCUT2D eigenvalue weighted by Crippen LogP contribution is -2.48. The predicted octanol–water partition coefficient (Wildman–Crippen LogP) is 3.42. The Morgan fingerprint density at radius 2 is 2.20 bits per heavy atom. The molecule has 2 aliphatic carbocycles. The number of nitrogens with zero attached hydrogens (tertiary/aromatic N) is 1. The normalized spacial score (nSPS) is 39.8. The van der Waals surface area contributed by atoms with Gasteiger partial charge in [-0.1, -0.05) is 31.0 Å². The van der Waals surface area contributed by atoms with Gasteiger partial charge in [0.05, 0.1) is 0 Å². The molecule has 3 unspecified atom stereocenters. The molecular weight excluding hydrogens is 268 g/mol. The zero-order chi connectivity index (χ0) is 14.1. The number of allylic oxidation sites excluding steroid dienone is 3. The van der Waals surface area contributed by atoms with Gasteiger partial charge in [0.1, 0.15) is 0 Å². The molecule has 0 amide bonds. The van der Waals surface area contributed by atoms with E-state index in [1.165, 1.54) is 24.8 Å². The minimum Gasteiger partial charge on any atom is -0.374 e. The monoisotopic (exact) mass is 290 g/mol. The highest BCUT2D eigenvalue weighted by Crippen LogP contribution is 2.56. The Bertz CT molecular complexity index is 572. The average molecular weight is 291 g/mol. The molecule has 4 aliphatic rings. The lowest BCUT2D eigenvalue weighted by atomic mass is 9.65. The quantitative estimate of drug-likeness (QED) is 0.735. The molecule has 0 radical (unpaired) electrons. The Balaban J connectivity index is 2.01. The summed E-state index contributed by atoms with van der Waals surface area (Å²) in [4.78, 5) is 2.57. The van der Waals surface area contributed by atoms with Crippen LogP contribution in [0.4, 0.5) is 0 Å². The molecule has 0 aromatic rings. The van der Waals surface area contributed by atoms with Gasteiger partial charge in [0.15, 0.2) is 0 Å². The minimum absolute atomic E-state index is 0.260. The summed E-state index contributed by atoms with van der Waals surface area (Å²) in [5.41, 5.74) is 6.57.